The van der Waals surface area contributed by atoms with E-state index < -0.39 is 11.6 Å². The van der Waals surface area contributed by atoms with Crippen LogP contribution in [-0.4, -0.2) is 15.0 Å². The first-order chi connectivity index (χ1) is 10.1. The summed E-state index contributed by atoms with van der Waals surface area (Å²) in [6.07, 6.45) is 5.59. The van der Waals surface area contributed by atoms with Crippen molar-refractivity contribution < 1.29 is 8.78 Å². The molecule has 3 rings (SSSR count). The molecule has 0 spiro atoms. The van der Waals surface area contributed by atoms with Crippen LogP contribution in [0.5, 0.6) is 0 Å². The third-order valence-electron chi connectivity index (χ3n) is 3.82. The molecule has 2 N–H and O–H groups in total. The van der Waals surface area contributed by atoms with Crippen LogP contribution in [0.2, 0.25) is 0 Å². The summed E-state index contributed by atoms with van der Waals surface area (Å²) in [4.78, 5) is 12.7. The Hall–Kier alpha value is -2.11. The summed E-state index contributed by atoms with van der Waals surface area (Å²) in [7, 11) is 0. The quantitative estimate of drug-likeness (QED) is 0.920. The van der Waals surface area contributed by atoms with Crippen LogP contribution in [0.4, 0.5) is 14.7 Å². The van der Waals surface area contributed by atoms with Gasteiger partial charge in [0.15, 0.2) is 17.5 Å². The van der Waals surface area contributed by atoms with Gasteiger partial charge in [0.1, 0.15) is 5.82 Å². The lowest BCUT2D eigenvalue weighted by Crippen LogP contribution is -2.12. The third kappa shape index (κ3) is 2.99. The second kappa shape index (κ2) is 5.71. The molecule has 1 fully saturated rings. The minimum Gasteiger partial charge on any atom is -0.368 e. The average molecular weight is 290 g/mol. The Morgan fingerprint density at radius 1 is 0.952 bits per heavy atom. The molecule has 0 atom stereocenters. The Labute approximate surface area is 121 Å². The van der Waals surface area contributed by atoms with Gasteiger partial charge in [-0.3, -0.25) is 0 Å². The summed E-state index contributed by atoms with van der Waals surface area (Å²) in [5, 5.41) is 0. The van der Waals surface area contributed by atoms with Crippen molar-refractivity contribution in [3.05, 3.63) is 35.7 Å². The Morgan fingerprint density at radius 2 is 1.71 bits per heavy atom. The molecule has 0 saturated heterocycles. The lowest BCUT2D eigenvalue weighted by molar-refractivity contribution is 0.428. The Bertz CT molecular complexity index is 654. The zero-order chi connectivity index (χ0) is 14.8. The molecule has 110 valence electrons. The predicted molar refractivity (Wildman–Crippen MR) is 75.4 cm³/mol. The van der Waals surface area contributed by atoms with Crippen molar-refractivity contribution in [3.63, 3.8) is 0 Å². The van der Waals surface area contributed by atoms with Crippen molar-refractivity contribution in [1.82, 2.24) is 15.0 Å². The van der Waals surface area contributed by atoms with Gasteiger partial charge in [0.25, 0.3) is 0 Å². The van der Waals surface area contributed by atoms with Crippen LogP contribution in [0.15, 0.2) is 18.2 Å². The first-order valence-electron chi connectivity index (χ1n) is 7.10. The Balaban J connectivity index is 1.98. The highest BCUT2D eigenvalue weighted by atomic mass is 19.2. The second-order valence-corrected chi connectivity index (χ2v) is 5.34. The monoisotopic (exact) mass is 290 g/mol. The smallest absolute Gasteiger partial charge is 0.223 e. The normalized spacial score (nSPS) is 16.1. The van der Waals surface area contributed by atoms with Gasteiger partial charge in [-0.1, -0.05) is 19.3 Å². The molecule has 21 heavy (non-hydrogen) atoms. The van der Waals surface area contributed by atoms with Crippen LogP contribution in [0, 0.1) is 11.6 Å². The summed E-state index contributed by atoms with van der Waals surface area (Å²) in [5.74, 6) is -0.485. The van der Waals surface area contributed by atoms with E-state index in [-0.39, 0.29) is 11.9 Å². The largest absolute Gasteiger partial charge is 0.368 e. The number of aromatic nitrogens is 3. The molecule has 0 unspecified atom stereocenters. The summed E-state index contributed by atoms with van der Waals surface area (Å²) < 4.78 is 26.4. The van der Waals surface area contributed by atoms with E-state index in [1.54, 1.807) is 0 Å². The first-order valence-corrected chi connectivity index (χ1v) is 7.10. The average Bonchev–Trinajstić information content (AvgIpc) is 2.50. The molecule has 6 heteroatoms. The highest BCUT2D eigenvalue weighted by Crippen LogP contribution is 2.31. The fourth-order valence-electron chi connectivity index (χ4n) is 2.72. The van der Waals surface area contributed by atoms with E-state index in [1.165, 1.54) is 12.5 Å². The van der Waals surface area contributed by atoms with Crippen LogP contribution < -0.4 is 5.73 Å². The van der Waals surface area contributed by atoms with Crippen LogP contribution in [0.1, 0.15) is 43.8 Å². The number of anilines is 1. The molecule has 0 radical (unpaired) electrons. The predicted octanol–water partition coefficient (Wildman–Crippen LogP) is 3.45. The highest BCUT2D eigenvalue weighted by Gasteiger charge is 2.20. The van der Waals surface area contributed by atoms with Gasteiger partial charge in [-0.2, -0.15) is 9.97 Å². The van der Waals surface area contributed by atoms with E-state index in [9.17, 15) is 8.78 Å². The van der Waals surface area contributed by atoms with Gasteiger partial charge in [0.2, 0.25) is 5.95 Å². The summed E-state index contributed by atoms with van der Waals surface area (Å²) in [6.45, 7) is 0. The van der Waals surface area contributed by atoms with E-state index >= 15 is 0 Å². The van der Waals surface area contributed by atoms with E-state index in [4.69, 9.17) is 5.73 Å². The van der Waals surface area contributed by atoms with Crippen molar-refractivity contribution >= 4 is 5.95 Å². The minimum absolute atomic E-state index is 0.116. The summed E-state index contributed by atoms with van der Waals surface area (Å²) >= 11 is 0. The van der Waals surface area contributed by atoms with Crippen molar-refractivity contribution in [3.8, 4) is 11.4 Å². The lowest BCUT2D eigenvalue weighted by atomic mass is 9.89. The third-order valence-corrected chi connectivity index (χ3v) is 3.82. The maximum Gasteiger partial charge on any atom is 0.223 e. The maximum absolute atomic E-state index is 13.3. The van der Waals surface area contributed by atoms with Gasteiger partial charge >= 0.3 is 0 Å². The number of hydrogen-bond donors (Lipinski definition) is 1. The molecular formula is C15H16F2N4. The van der Waals surface area contributed by atoms with Gasteiger partial charge in [-0.05, 0) is 31.0 Å². The molecule has 1 saturated carbocycles. The Kier molecular flexibility index (Phi) is 3.77. The van der Waals surface area contributed by atoms with E-state index in [1.807, 2.05) is 0 Å². The van der Waals surface area contributed by atoms with E-state index in [0.717, 1.165) is 37.8 Å². The molecule has 0 aliphatic heterocycles. The number of nitrogens with zero attached hydrogens (tertiary/aromatic N) is 3. The maximum atomic E-state index is 13.3. The zero-order valence-electron chi connectivity index (χ0n) is 11.5. The van der Waals surface area contributed by atoms with Gasteiger partial charge in [0, 0.05) is 11.5 Å². The number of nitrogens with two attached hydrogens (primary N) is 1. The van der Waals surface area contributed by atoms with Gasteiger partial charge < -0.3 is 5.73 Å². The minimum atomic E-state index is -0.925. The molecule has 4 nitrogen and oxygen atoms in total. The molecule has 1 aromatic heterocycles. The summed E-state index contributed by atoms with van der Waals surface area (Å²) in [6, 6.07) is 3.58. The topological polar surface area (TPSA) is 64.7 Å². The number of nitrogen functional groups attached to an aromatic ring is 1. The van der Waals surface area contributed by atoms with Crippen LogP contribution in [0.3, 0.4) is 0 Å². The van der Waals surface area contributed by atoms with Crippen molar-refractivity contribution in [1.29, 1.82) is 0 Å². The van der Waals surface area contributed by atoms with E-state index in [0.29, 0.717) is 17.2 Å². The van der Waals surface area contributed by atoms with Crippen LogP contribution in [-0.2, 0) is 0 Å². The molecule has 1 aromatic carbocycles. The zero-order valence-corrected chi connectivity index (χ0v) is 11.5. The number of halogens is 2. The van der Waals surface area contributed by atoms with Gasteiger partial charge in [-0.25, -0.2) is 13.8 Å². The molecule has 1 aliphatic carbocycles. The van der Waals surface area contributed by atoms with Crippen molar-refractivity contribution in [2.24, 2.45) is 0 Å². The molecule has 1 heterocycles. The fraction of sp³-hybridized carbons (Fsp3) is 0.400. The fourth-order valence-corrected chi connectivity index (χ4v) is 2.72. The number of hydrogen-bond acceptors (Lipinski definition) is 4. The molecule has 0 bridgehead atoms. The Morgan fingerprint density at radius 3 is 2.43 bits per heavy atom. The molecule has 0 amide bonds. The van der Waals surface area contributed by atoms with E-state index in [2.05, 4.69) is 15.0 Å². The molecular weight excluding hydrogens is 274 g/mol. The highest BCUT2D eigenvalue weighted by molar-refractivity contribution is 5.56. The molecule has 1 aliphatic rings. The number of rotatable bonds is 2. The summed E-state index contributed by atoms with van der Waals surface area (Å²) in [5.41, 5.74) is 6.14. The van der Waals surface area contributed by atoms with Gasteiger partial charge in [-0.15, -0.1) is 0 Å². The number of benzene rings is 1. The standard InChI is InChI=1S/C15H16F2N4/c16-11-7-6-10(8-12(11)17)14-19-13(20-15(18)21-14)9-4-2-1-3-5-9/h6-9H,1-5H2,(H2,18,19,20,21). The van der Waals surface area contributed by atoms with Crippen molar-refractivity contribution in [2.75, 3.05) is 5.73 Å². The lowest BCUT2D eigenvalue weighted by Gasteiger charge is -2.20. The molecule has 2 aromatic rings. The first kappa shape index (κ1) is 13.9. The SMILES string of the molecule is Nc1nc(-c2ccc(F)c(F)c2)nc(C2CCCCC2)n1. The van der Waals surface area contributed by atoms with Crippen molar-refractivity contribution in [2.45, 2.75) is 38.0 Å². The van der Waals surface area contributed by atoms with Crippen LogP contribution >= 0.6 is 0 Å². The van der Waals surface area contributed by atoms with Crippen LogP contribution in [0.25, 0.3) is 11.4 Å². The van der Waals surface area contributed by atoms with Gasteiger partial charge in [0.05, 0.1) is 0 Å². The second-order valence-electron chi connectivity index (χ2n) is 5.34.